The molecule has 1 aromatic rings. The van der Waals surface area contributed by atoms with E-state index in [0.717, 1.165) is 37.2 Å². The number of carbonyl (C=O) groups is 1. The van der Waals surface area contributed by atoms with E-state index in [9.17, 15) is 9.90 Å². The van der Waals surface area contributed by atoms with Crippen molar-refractivity contribution in [2.24, 2.45) is 5.41 Å². The number of hydrogen-bond donors (Lipinski definition) is 1. The van der Waals surface area contributed by atoms with Crippen LogP contribution in [0.5, 0.6) is 5.75 Å². The van der Waals surface area contributed by atoms with Crippen LogP contribution in [0.2, 0.25) is 0 Å². The summed E-state index contributed by atoms with van der Waals surface area (Å²) < 4.78 is 5.26. The molecule has 1 aliphatic heterocycles. The number of likely N-dealkylation sites (tertiary alicyclic amines) is 1. The van der Waals surface area contributed by atoms with Gasteiger partial charge < -0.3 is 9.84 Å². The molecule has 4 heteroatoms. The molecule has 110 valence electrons. The number of piperidine rings is 1. The lowest BCUT2D eigenvalue weighted by molar-refractivity contribution is -0.151. The minimum absolute atomic E-state index is 0.611. The van der Waals surface area contributed by atoms with Crippen molar-refractivity contribution in [3.8, 4) is 5.75 Å². The van der Waals surface area contributed by atoms with Gasteiger partial charge >= 0.3 is 5.97 Å². The van der Waals surface area contributed by atoms with Crippen LogP contribution >= 0.6 is 0 Å². The molecule has 1 atom stereocenters. The fourth-order valence-corrected chi connectivity index (χ4v) is 2.95. The average Bonchev–Trinajstić information content (AvgIpc) is 2.39. The second kappa shape index (κ2) is 5.83. The van der Waals surface area contributed by atoms with E-state index in [0.29, 0.717) is 6.54 Å². The summed E-state index contributed by atoms with van der Waals surface area (Å²) >= 11 is 0. The normalized spacial score (nSPS) is 23.6. The second-order valence-electron chi connectivity index (χ2n) is 5.98. The maximum absolute atomic E-state index is 11.4. The molecule has 0 aromatic heterocycles. The van der Waals surface area contributed by atoms with Gasteiger partial charge in [0, 0.05) is 13.1 Å². The Kier molecular flexibility index (Phi) is 4.33. The fourth-order valence-electron chi connectivity index (χ4n) is 2.95. The number of nitrogens with zero attached hydrogens (tertiary/aromatic N) is 1. The second-order valence-corrected chi connectivity index (χ2v) is 5.98. The smallest absolute Gasteiger partial charge is 0.310 e. The molecular weight excluding hydrogens is 254 g/mol. The molecule has 0 radical (unpaired) electrons. The van der Waals surface area contributed by atoms with Gasteiger partial charge in [0.05, 0.1) is 12.5 Å². The largest absolute Gasteiger partial charge is 0.496 e. The van der Waals surface area contributed by atoms with Gasteiger partial charge in [0.15, 0.2) is 0 Å². The van der Waals surface area contributed by atoms with Crippen molar-refractivity contribution in [2.45, 2.75) is 33.2 Å². The summed E-state index contributed by atoms with van der Waals surface area (Å²) in [6.45, 7) is 6.26. The summed E-state index contributed by atoms with van der Waals surface area (Å²) in [6, 6.07) is 6.15. The van der Waals surface area contributed by atoms with Crippen molar-refractivity contribution in [3.63, 3.8) is 0 Å². The zero-order chi connectivity index (χ0) is 14.8. The van der Waals surface area contributed by atoms with E-state index in [-0.39, 0.29) is 0 Å². The van der Waals surface area contributed by atoms with Crippen LogP contribution in [0.1, 0.15) is 30.9 Å². The first-order valence-electron chi connectivity index (χ1n) is 7.04. The molecule has 0 bridgehead atoms. The number of aryl methyl sites for hydroxylation is 1. The van der Waals surface area contributed by atoms with E-state index in [2.05, 4.69) is 17.0 Å². The lowest BCUT2D eigenvalue weighted by Crippen LogP contribution is -2.45. The molecule has 1 N–H and O–H groups in total. The molecule has 4 nitrogen and oxygen atoms in total. The molecule has 1 saturated heterocycles. The Morgan fingerprint density at radius 1 is 1.50 bits per heavy atom. The average molecular weight is 277 g/mol. The molecular formula is C16H23NO3. The van der Waals surface area contributed by atoms with Crippen LogP contribution in [0.3, 0.4) is 0 Å². The number of aliphatic carboxylic acids is 1. The third-order valence-corrected chi connectivity index (χ3v) is 4.16. The SMILES string of the molecule is COc1ccc(CN2CCCC(C)(C(=O)O)C2)cc1C. The third-order valence-electron chi connectivity index (χ3n) is 4.16. The summed E-state index contributed by atoms with van der Waals surface area (Å²) in [5, 5.41) is 9.35. The van der Waals surface area contributed by atoms with E-state index in [1.807, 2.05) is 19.9 Å². The van der Waals surface area contributed by atoms with Crippen LogP contribution in [0, 0.1) is 12.3 Å². The van der Waals surface area contributed by atoms with Gasteiger partial charge in [-0.3, -0.25) is 9.69 Å². The van der Waals surface area contributed by atoms with Crippen LogP contribution in [-0.4, -0.2) is 36.2 Å². The molecule has 1 aromatic carbocycles. The summed E-state index contributed by atoms with van der Waals surface area (Å²) in [6.07, 6.45) is 1.71. The summed E-state index contributed by atoms with van der Waals surface area (Å²) in [5.41, 5.74) is 1.71. The van der Waals surface area contributed by atoms with Crippen LogP contribution < -0.4 is 4.74 Å². The fraction of sp³-hybridized carbons (Fsp3) is 0.562. The predicted molar refractivity (Wildman–Crippen MR) is 78.0 cm³/mol. The maximum atomic E-state index is 11.4. The molecule has 1 fully saturated rings. The standard InChI is InChI=1S/C16H23NO3/c1-12-9-13(5-6-14(12)20-3)10-17-8-4-7-16(2,11-17)15(18)19/h5-6,9H,4,7-8,10-11H2,1-3H3,(H,18,19). The van der Waals surface area contributed by atoms with E-state index in [4.69, 9.17) is 4.74 Å². The Morgan fingerprint density at radius 3 is 2.85 bits per heavy atom. The predicted octanol–water partition coefficient (Wildman–Crippen LogP) is 2.69. The van der Waals surface area contributed by atoms with E-state index in [1.165, 1.54) is 5.56 Å². The van der Waals surface area contributed by atoms with Gasteiger partial charge in [0.2, 0.25) is 0 Å². The monoisotopic (exact) mass is 277 g/mol. The molecule has 0 aliphatic carbocycles. The lowest BCUT2D eigenvalue weighted by Gasteiger charge is -2.37. The molecule has 1 unspecified atom stereocenters. The van der Waals surface area contributed by atoms with Crippen molar-refractivity contribution in [2.75, 3.05) is 20.2 Å². The summed E-state index contributed by atoms with van der Waals surface area (Å²) in [5.74, 6) is 0.205. The molecule has 2 rings (SSSR count). The maximum Gasteiger partial charge on any atom is 0.310 e. The number of rotatable bonds is 4. The molecule has 1 heterocycles. The zero-order valence-electron chi connectivity index (χ0n) is 12.5. The van der Waals surface area contributed by atoms with Crippen LogP contribution in [-0.2, 0) is 11.3 Å². The Bertz CT molecular complexity index is 500. The van der Waals surface area contributed by atoms with Gasteiger partial charge in [-0.1, -0.05) is 12.1 Å². The van der Waals surface area contributed by atoms with Gasteiger partial charge in [0.1, 0.15) is 5.75 Å². The highest BCUT2D eigenvalue weighted by Gasteiger charge is 2.37. The number of carboxylic acid groups (broad SMARTS) is 1. The van der Waals surface area contributed by atoms with Crippen molar-refractivity contribution >= 4 is 5.97 Å². The number of methoxy groups -OCH3 is 1. The van der Waals surface area contributed by atoms with Gasteiger partial charge in [-0.15, -0.1) is 0 Å². The summed E-state index contributed by atoms with van der Waals surface area (Å²) in [4.78, 5) is 13.6. The van der Waals surface area contributed by atoms with E-state index >= 15 is 0 Å². The van der Waals surface area contributed by atoms with Crippen LogP contribution in [0.4, 0.5) is 0 Å². The molecule has 0 spiro atoms. The van der Waals surface area contributed by atoms with Crippen molar-refractivity contribution < 1.29 is 14.6 Å². The Hall–Kier alpha value is -1.55. The first-order valence-corrected chi connectivity index (χ1v) is 7.04. The number of hydrogen-bond acceptors (Lipinski definition) is 3. The van der Waals surface area contributed by atoms with Gasteiger partial charge in [-0.25, -0.2) is 0 Å². The first-order chi connectivity index (χ1) is 9.44. The number of ether oxygens (including phenoxy) is 1. The topological polar surface area (TPSA) is 49.8 Å². The highest BCUT2D eigenvalue weighted by molar-refractivity contribution is 5.74. The van der Waals surface area contributed by atoms with E-state index in [1.54, 1.807) is 7.11 Å². The van der Waals surface area contributed by atoms with Gasteiger partial charge in [-0.2, -0.15) is 0 Å². The number of carboxylic acids is 1. The molecule has 0 amide bonds. The lowest BCUT2D eigenvalue weighted by atomic mass is 9.82. The first kappa shape index (κ1) is 14.9. The highest BCUT2D eigenvalue weighted by Crippen LogP contribution is 2.30. The van der Waals surface area contributed by atoms with Gasteiger partial charge in [0.25, 0.3) is 0 Å². The van der Waals surface area contributed by atoms with E-state index < -0.39 is 11.4 Å². The highest BCUT2D eigenvalue weighted by atomic mass is 16.5. The summed E-state index contributed by atoms with van der Waals surface area (Å²) in [7, 11) is 1.67. The van der Waals surface area contributed by atoms with Crippen LogP contribution in [0.15, 0.2) is 18.2 Å². The molecule has 0 saturated carbocycles. The third kappa shape index (κ3) is 3.12. The van der Waals surface area contributed by atoms with Crippen molar-refractivity contribution in [1.29, 1.82) is 0 Å². The molecule has 20 heavy (non-hydrogen) atoms. The zero-order valence-corrected chi connectivity index (χ0v) is 12.5. The Balaban J connectivity index is 2.06. The van der Waals surface area contributed by atoms with Crippen LogP contribution in [0.25, 0.3) is 0 Å². The Morgan fingerprint density at radius 2 is 2.25 bits per heavy atom. The minimum Gasteiger partial charge on any atom is -0.496 e. The van der Waals surface area contributed by atoms with Crippen molar-refractivity contribution in [3.05, 3.63) is 29.3 Å². The Labute approximate surface area is 120 Å². The van der Waals surface area contributed by atoms with Crippen molar-refractivity contribution in [1.82, 2.24) is 4.90 Å². The number of benzene rings is 1. The van der Waals surface area contributed by atoms with Gasteiger partial charge in [-0.05, 0) is 50.4 Å². The minimum atomic E-state index is -0.687. The molecule has 1 aliphatic rings. The quantitative estimate of drug-likeness (QED) is 0.919.